The number of methoxy groups -OCH3 is 1. The van der Waals surface area contributed by atoms with Crippen molar-refractivity contribution in [3.8, 4) is 0 Å². The maximum Gasteiger partial charge on any atom is 0.0500 e. The molecule has 0 aliphatic heterocycles. The van der Waals surface area contributed by atoms with E-state index in [1.165, 1.54) is 11.1 Å². The predicted molar refractivity (Wildman–Crippen MR) is 57.5 cm³/mol. The molecule has 1 atom stereocenters. The average molecular weight is 194 g/mol. The van der Waals surface area contributed by atoms with E-state index in [0.717, 1.165) is 6.42 Å². The summed E-state index contributed by atoms with van der Waals surface area (Å²) in [5.74, 6) is 0.204. The van der Waals surface area contributed by atoms with Gasteiger partial charge in [0.2, 0.25) is 0 Å². The van der Waals surface area contributed by atoms with E-state index in [2.05, 4.69) is 25.1 Å². The van der Waals surface area contributed by atoms with Crippen LogP contribution in [-0.4, -0.2) is 25.4 Å². The molecule has 0 aliphatic rings. The smallest absolute Gasteiger partial charge is 0.0500 e. The molecular weight excluding hydrogens is 176 g/mol. The van der Waals surface area contributed by atoms with Gasteiger partial charge in [-0.2, -0.15) is 0 Å². The summed E-state index contributed by atoms with van der Waals surface area (Å²) in [4.78, 5) is 0. The highest BCUT2D eigenvalue weighted by Gasteiger charge is 2.09. The van der Waals surface area contributed by atoms with Crippen molar-refractivity contribution in [1.82, 2.24) is 0 Å². The van der Waals surface area contributed by atoms with Crippen LogP contribution in [-0.2, 0) is 4.74 Å². The van der Waals surface area contributed by atoms with Crippen LogP contribution >= 0.6 is 0 Å². The van der Waals surface area contributed by atoms with E-state index in [4.69, 9.17) is 4.74 Å². The molecule has 1 N–H and O–H groups in total. The first-order chi connectivity index (χ1) is 6.77. The molecule has 2 heteroatoms. The third-order valence-electron chi connectivity index (χ3n) is 2.40. The molecule has 78 valence electrons. The van der Waals surface area contributed by atoms with Crippen LogP contribution in [0.15, 0.2) is 24.3 Å². The largest absolute Gasteiger partial charge is 0.396 e. The molecule has 0 aliphatic carbocycles. The van der Waals surface area contributed by atoms with Crippen molar-refractivity contribution in [2.24, 2.45) is 0 Å². The second-order valence-corrected chi connectivity index (χ2v) is 3.58. The van der Waals surface area contributed by atoms with Gasteiger partial charge in [-0.15, -0.1) is 0 Å². The minimum absolute atomic E-state index is 0.187. The number of hydrogen-bond donors (Lipinski definition) is 1. The van der Waals surface area contributed by atoms with E-state index in [-0.39, 0.29) is 12.5 Å². The molecule has 1 aromatic carbocycles. The van der Waals surface area contributed by atoms with Gasteiger partial charge in [-0.25, -0.2) is 0 Å². The standard InChI is InChI=1S/C12H18O2/c1-10-4-3-5-11(8-10)12(9-13)6-7-14-2/h3-5,8,12-13H,6-7,9H2,1-2H3. The summed E-state index contributed by atoms with van der Waals surface area (Å²) in [6.07, 6.45) is 0.871. The van der Waals surface area contributed by atoms with Crippen LogP contribution in [0.2, 0.25) is 0 Å². The molecule has 1 aromatic rings. The van der Waals surface area contributed by atoms with E-state index in [1.807, 2.05) is 6.07 Å². The highest BCUT2D eigenvalue weighted by molar-refractivity contribution is 5.25. The summed E-state index contributed by atoms with van der Waals surface area (Å²) in [6.45, 7) is 2.94. The molecule has 0 saturated heterocycles. The lowest BCUT2D eigenvalue weighted by Crippen LogP contribution is -2.07. The second kappa shape index (κ2) is 5.78. The molecule has 0 aromatic heterocycles. The molecule has 0 saturated carbocycles. The summed E-state index contributed by atoms with van der Waals surface area (Å²) in [5.41, 5.74) is 2.43. The molecule has 0 spiro atoms. The van der Waals surface area contributed by atoms with Gasteiger partial charge in [-0.1, -0.05) is 29.8 Å². The van der Waals surface area contributed by atoms with Gasteiger partial charge in [0.1, 0.15) is 0 Å². The number of rotatable bonds is 5. The van der Waals surface area contributed by atoms with Crippen molar-refractivity contribution < 1.29 is 9.84 Å². The maximum atomic E-state index is 9.24. The van der Waals surface area contributed by atoms with E-state index >= 15 is 0 Å². The molecule has 2 nitrogen and oxygen atoms in total. The van der Waals surface area contributed by atoms with Crippen LogP contribution in [0.5, 0.6) is 0 Å². The Morgan fingerprint density at radius 2 is 2.21 bits per heavy atom. The van der Waals surface area contributed by atoms with Crippen LogP contribution in [0.25, 0.3) is 0 Å². The number of ether oxygens (including phenoxy) is 1. The lowest BCUT2D eigenvalue weighted by molar-refractivity contribution is 0.169. The van der Waals surface area contributed by atoms with E-state index in [1.54, 1.807) is 7.11 Å². The van der Waals surface area contributed by atoms with Gasteiger partial charge in [0.15, 0.2) is 0 Å². The lowest BCUT2D eigenvalue weighted by Gasteiger charge is -2.14. The second-order valence-electron chi connectivity index (χ2n) is 3.58. The van der Waals surface area contributed by atoms with Gasteiger partial charge >= 0.3 is 0 Å². The topological polar surface area (TPSA) is 29.5 Å². The van der Waals surface area contributed by atoms with Gasteiger partial charge < -0.3 is 9.84 Å². The van der Waals surface area contributed by atoms with Crippen LogP contribution in [0.3, 0.4) is 0 Å². The fourth-order valence-corrected chi connectivity index (χ4v) is 1.55. The fraction of sp³-hybridized carbons (Fsp3) is 0.500. The summed E-state index contributed by atoms with van der Waals surface area (Å²) in [6, 6.07) is 8.27. The zero-order valence-electron chi connectivity index (χ0n) is 8.86. The number of aryl methyl sites for hydroxylation is 1. The molecule has 0 bridgehead atoms. The van der Waals surface area contributed by atoms with Crippen LogP contribution in [0.4, 0.5) is 0 Å². The highest BCUT2D eigenvalue weighted by atomic mass is 16.5. The number of aliphatic hydroxyl groups excluding tert-OH is 1. The molecule has 1 unspecified atom stereocenters. The molecule has 0 fully saturated rings. The van der Waals surface area contributed by atoms with Crippen LogP contribution in [0, 0.1) is 6.92 Å². The molecular formula is C12H18O2. The van der Waals surface area contributed by atoms with Gasteiger partial charge in [-0.05, 0) is 18.9 Å². The van der Waals surface area contributed by atoms with Crippen molar-refractivity contribution in [3.63, 3.8) is 0 Å². The number of hydrogen-bond acceptors (Lipinski definition) is 2. The monoisotopic (exact) mass is 194 g/mol. The van der Waals surface area contributed by atoms with Crippen molar-refractivity contribution in [1.29, 1.82) is 0 Å². The van der Waals surface area contributed by atoms with Gasteiger partial charge in [0.25, 0.3) is 0 Å². The normalized spacial score (nSPS) is 12.8. The maximum absolute atomic E-state index is 9.24. The number of benzene rings is 1. The Kier molecular flexibility index (Phi) is 4.63. The van der Waals surface area contributed by atoms with Crippen molar-refractivity contribution >= 4 is 0 Å². The van der Waals surface area contributed by atoms with Crippen molar-refractivity contribution in [2.75, 3.05) is 20.3 Å². The number of aliphatic hydroxyl groups is 1. The van der Waals surface area contributed by atoms with E-state index in [0.29, 0.717) is 6.61 Å². The average Bonchev–Trinajstić information content (AvgIpc) is 2.19. The third kappa shape index (κ3) is 3.13. The lowest BCUT2D eigenvalue weighted by atomic mass is 9.96. The van der Waals surface area contributed by atoms with Crippen LogP contribution < -0.4 is 0 Å². The molecule has 14 heavy (non-hydrogen) atoms. The predicted octanol–water partition coefficient (Wildman–Crippen LogP) is 2.11. The first kappa shape index (κ1) is 11.2. The minimum atomic E-state index is 0.187. The molecule has 0 amide bonds. The SMILES string of the molecule is COCCC(CO)c1cccc(C)c1. The Labute approximate surface area is 85.5 Å². The summed E-state index contributed by atoms with van der Waals surface area (Å²) in [5, 5.41) is 9.24. The highest BCUT2D eigenvalue weighted by Crippen LogP contribution is 2.19. The minimum Gasteiger partial charge on any atom is -0.396 e. The van der Waals surface area contributed by atoms with E-state index < -0.39 is 0 Å². The van der Waals surface area contributed by atoms with Gasteiger partial charge in [0.05, 0.1) is 6.61 Å². The zero-order chi connectivity index (χ0) is 10.4. The Bertz CT molecular complexity index is 271. The molecule has 0 radical (unpaired) electrons. The first-order valence-electron chi connectivity index (χ1n) is 4.94. The Balaban J connectivity index is 2.68. The Morgan fingerprint density at radius 3 is 2.79 bits per heavy atom. The fourth-order valence-electron chi connectivity index (χ4n) is 1.55. The summed E-state index contributed by atoms with van der Waals surface area (Å²) in [7, 11) is 1.69. The van der Waals surface area contributed by atoms with Gasteiger partial charge in [0, 0.05) is 19.6 Å². The Morgan fingerprint density at radius 1 is 1.43 bits per heavy atom. The first-order valence-corrected chi connectivity index (χ1v) is 4.94. The third-order valence-corrected chi connectivity index (χ3v) is 2.40. The quantitative estimate of drug-likeness (QED) is 0.778. The van der Waals surface area contributed by atoms with Crippen molar-refractivity contribution in [3.05, 3.63) is 35.4 Å². The van der Waals surface area contributed by atoms with Crippen LogP contribution in [0.1, 0.15) is 23.5 Å². The summed E-state index contributed by atoms with van der Waals surface area (Å²) < 4.78 is 5.01. The molecule has 0 heterocycles. The molecule has 1 rings (SSSR count). The van der Waals surface area contributed by atoms with E-state index in [9.17, 15) is 5.11 Å². The van der Waals surface area contributed by atoms with Gasteiger partial charge in [-0.3, -0.25) is 0 Å². The zero-order valence-corrected chi connectivity index (χ0v) is 8.86. The Hall–Kier alpha value is -0.860. The summed E-state index contributed by atoms with van der Waals surface area (Å²) >= 11 is 0. The van der Waals surface area contributed by atoms with Crippen molar-refractivity contribution in [2.45, 2.75) is 19.3 Å².